The van der Waals surface area contributed by atoms with Crippen LogP contribution in [0.2, 0.25) is 0 Å². The van der Waals surface area contributed by atoms with Crippen LogP contribution in [0.4, 0.5) is 0 Å². The molecule has 5 nitrogen and oxygen atoms in total. The third kappa shape index (κ3) is 2.78. The molecule has 0 spiro atoms. The Kier molecular flexibility index (Phi) is 4.27. The Morgan fingerprint density at radius 3 is 2.62 bits per heavy atom. The number of aromatic nitrogens is 4. The maximum absolute atomic E-state index is 5.52. The summed E-state index contributed by atoms with van der Waals surface area (Å²) in [6.45, 7) is 0.706. The van der Waals surface area contributed by atoms with E-state index in [-0.39, 0.29) is 0 Å². The standard InChI is InChI=1S/C11H21N5/c12-9-5-8-11-13-14-15-16(11)10-6-3-1-2-4-7-10/h10H,1-9,12H2. The van der Waals surface area contributed by atoms with Crippen molar-refractivity contribution in [3.8, 4) is 0 Å². The van der Waals surface area contributed by atoms with Crippen LogP contribution in [0.5, 0.6) is 0 Å². The number of aryl methyl sites for hydroxylation is 1. The second kappa shape index (κ2) is 5.94. The van der Waals surface area contributed by atoms with E-state index >= 15 is 0 Å². The normalized spacial score (nSPS) is 18.6. The molecule has 5 heteroatoms. The Morgan fingerprint density at radius 2 is 1.94 bits per heavy atom. The van der Waals surface area contributed by atoms with Crippen molar-refractivity contribution in [1.82, 2.24) is 20.2 Å². The molecule has 1 aliphatic carbocycles. The minimum absolute atomic E-state index is 0.519. The van der Waals surface area contributed by atoms with Gasteiger partial charge in [-0.25, -0.2) is 4.68 Å². The molecule has 0 aromatic carbocycles. The maximum Gasteiger partial charge on any atom is 0.151 e. The van der Waals surface area contributed by atoms with Crippen molar-refractivity contribution in [3.63, 3.8) is 0 Å². The molecule has 1 aromatic heterocycles. The molecule has 0 bridgehead atoms. The molecule has 1 aliphatic rings. The van der Waals surface area contributed by atoms with Gasteiger partial charge in [-0.3, -0.25) is 0 Å². The summed E-state index contributed by atoms with van der Waals surface area (Å²) in [6, 6.07) is 0.519. The van der Waals surface area contributed by atoms with Gasteiger partial charge in [0.15, 0.2) is 5.82 Å². The zero-order valence-corrected chi connectivity index (χ0v) is 9.81. The average Bonchev–Trinajstić information content (AvgIpc) is 2.60. The number of tetrazole rings is 1. The Balaban J connectivity index is 2.03. The first-order valence-electron chi connectivity index (χ1n) is 6.38. The Bertz CT molecular complexity index is 301. The Labute approximate surface area is 96.4 Å². The fourth-order valence-electron chi connectivity index (χ4n) is 2.42. The van der Waals surface area contributed by atoms with E-state index in [4.69, 9.17) is 5.73 Å². The van der Waals surface area contributed by atoms with Crippen LogP contribution in [0, 0.1) is 0 Å². The largest absolute Gasteiger partial charge is 0.330 e. The summed E-state index contributed by atoms with van der Waals surface area (Å²) in [7, 11) is 0. The fourth-order valence-corrected chi connectivity index (χ4v) is 2.42. The molecular weight excluding hydrogens is 202 g/mol. The lowest BCUT2D eigenvalue weighted by Gasteiger charge is -2.15. The van der Waals surface area contributed by atoms with Gasteiger partial charge in [0.05, 0.1) is 6.04 Å². The van der Waals surface area contributed by atoms with Crippen LogP contribution in [0.25, 0.3) is 0 Å². The van der Waals surface area contributed by atoms with Crippen LogP contribution in [0.1, 0.15) is 56.8 Å². The lowest BCUT2D eigenvalue weighted by molar-refractivity contribution is 0.383. The van der Waals surface area contributed by atoms with E-state index in [0.717, 1.165) is 18.7 Å². The predicted molar refractivity (Wildman–Crippen MR) is 61.9 cm³/mol. The second-order valence-electron chi connectivity index (χ2n) is 4.58. The van der Waals surface area contributed by atoms with Gasteiger partial charge in [0, 0.05) is 6.42 Å². The Hall–Kier alpha value is -0.970. The molecule has 0 amide bonds. The zero-order chi connectivity index (χ0) is 11.2. The third-order valence-electron chi connectivity index (χ3n) is 3.34. The molecule has 0 atom stereocenters. The van der Waals surface area contributed by atoms with E-state index in [1.807, 2.05) is 4.68 Å². The minimum atomic E-state index is 0.519. The van der Waals surface area contributed by atoms with Gasteiger partial charge in [0.2, 0.25) is 0 Å². The highest BCUT2D eigenvalue weighted by Gasteiger charge is 2.18. The molecule has 0 aliphatic heterocycles. The van der Waals surface area contributed by atoms with Gasteiger partial charge in [-0.1, -0.05) is 25.7 Å². The quantitative estimate of drug-likeness (QED) is 0.784. The Morgan fingerprint density at radius 1 is 1.19 bits per heavy atom. The summed E-state index contributed by atoms with van der Waals surface area (Å²) in [5, 5.41) is 12.1. The molecule has 1 saturated carbocycles. The topological polar surface area (TPSA) is 69.6 Å². The van der Waals surface area contributed by atoms with E-state index in [2.05, 4.69) is 15.5 Å². The lowest BCUT2D eigenvalue weighted by Crippen LogP contribution is -2.14. The van der Waals surface area contributed by atoms with Gasteiger partial charge < -0.3 is 5.73 Å². The molecule has 0 unspecified atom stereocenters. The van der Waals surface area contributed by atoms with Gasteiger partial charge in [-0.05, 0) is 36.2 Å². The fraction of sp³-hybridized carbons (Fsp3) is 0.909. The average molecular weight is 223 g/mol. The highest BCUT2D eigenvalue weighted by molar-refractivity contribution is 4.85. The number of nitrogens with zero attached hydrogens (tertiary/aromatic N) is 4. The lowest BCUT2D eigenvalue weighted by atomic mass is 10.1. The van der Waals surface area contributed by atoms with Crippen molar-refractivity contribution < 1.29 is 0 Å². The number of hydrogen-bond donors (Lipinski definition) is 1. The summed E-state index contributed by atoms with van der Waals surface area (Å²) in [5.41, 5.74) is 5.52. The van der Waals surface area contributed by atoms with E-state index < -0.39 is 0 Å². The highest BCUT2D eigenvalue weighted by Crippen LogP contribution is 2.26. The van der Waals surface area contributed by atoms with Crippen LogP contribution >= 0.6 is 0 Å². The molecule has 2 rings (SSSR count). The van der Waals surface area contributed by atoms with E-state index in [1.54, 1.807) is 0 Å². The first-order valence-corrected chi connectivity index (χ1v) is 6.38. The van der Waals surface area contributed by atoms with Gasteiger partial charge in [-0.15, -0.1) is 5.10 Å². The van der Waals surface area contributed by atoms with Crippen LogP contribution in [-0.4, -0.2) is 26.8 Å². The predicted octanol–water partition coefficient (Wildman–Crippen LogP) is 1.46. The van der Waals surface area contributed by atoms with Gasteiger partial charge in [-0.2, -0.15) is 0 Å². The van der Waals surface area contributed by atoms with Crippen LogP contribution in [0.3, 0.4) is 0 Å². The number of hydrogen-bond acceptors (Lipinski definition) is 4. The molecule has 1 aromatic rings. The molecular formula is C11H21N5. The second-order valence-corrected chi connectivity index (χ2v) is 4.58. The monoisotopic (exact) mass is 223 g/mol. The summed E-state index contributed by atoms with van der Waals surface area (Å²) in [4.78, 5) is 0. The van der Waals surface area contributed by atoms with Crippen molar-refractivity contribution in [2.45, 2.75) is 57.4 Å². The molecule has 16 heavy (non-hydrogen) atoms. The SMILES string of the molecule is NCCCc1nnnn1C1CCCCCC1. The van der Waals surface area contributed by atoms with Crippen molar-refractivity contribution in [1.29, 1.82) is 0 Å². The zero-order valence-electron chi connectivity index (χ0n) is 9.81. The van der Waals surface area contributed by atoms with Crippen molar-refractivity contribution in [3.05, 3.63) is 5.82 Å². The van der Waals surface area contributed by atoms with Gasteiger partial charge in [0.1, 0.15) is 0 Å². The maximum atomic E-state index is 5.52. The molecule has 1 fully saturated rings. The van der Waals surface area contributed by atoms with Gasteiger partial charge in [0.25, 0.3) is 0 Å². The van der Waals surface area contributed by atoms with Crippen molar-refractivity contribution >= 4 is 0 Å². The molecule has 2 N–H and O–H groups in total. The smallest absolute Gasteiger partial charge is 0.151 e. The first kappa shape index (κ1) is 11.5. The summed E-state index contributed by atoms with van der Waals surface area (Å²) in [6.07, 6.45) is 9.64. The number of nitrogens with two attached hydrogens (primary N) is 1. The first-order chi connectivity index (χ1) is 7.92. The van der Waals surface area contributed by atoms with E-state index in [0.29, 0.717) is 12.6 Å². The summed E-state index contributed by atoms with van der Waals surface area (Å²) in [5.74, 6) is 1.01. The minimum Gasteiger partial charge on any atom is -0.330 e. The van der Waals surface area contributed by atoms with Crippen LogP contribution in [-0.2, 0) is 6.42 Å². The summed E-state index contributed by atoms with van der Waals surface area (Å²) < 4.78 is 2.04. The van der Waals surface area contributed by atoms with Gasteiger partial charge >= 0.3 is 0 Å². The highest BCUT2D eigenvalue weighted by atomic mass is 15.5. The third-order valence-corrected chi connectivity index (χ3v) is 3.34. The molecule has 0 saturated heterocycles. The van der Waals surface area contributed by atoms with E-state index in [9.17, 15) is 0 Å². The van der Waals surface area contributed by atoms with Crippen molar-refractivity contribution in [2.24, 2.45) is 5.73 Å². The number of rotatable bonds is 4. The molecule has 0 radical (unpaired) electrons. The van der Waals surface area contributed by atoms with Crippen molar-refractivity contribution in [2.75, 3.05) is 6.54 Å². The van der Waals surface area contributed by atoms with E-state index in [1.165, 1.54) is 38.5 Å². The molecule has 1 heterocycles. The van der Waals surface area contributed by atoms with Crippen LogP contribution in [0.15, 0.2) is 0 Å². The van der Waals surface area contributed by atoms with Crippen LogP contribution < -0.4 is 5.73 Å². The molecule has 90 valence electrons. The summed E-state index contributed by atoms with van der Waals surface area (Å²) >= 11 is 0.